The van der Waals surface area contributed by atoms with Crippen LogP contribution < -0.4 is 4.90 Å². The fourth-order valence-electron chi connectivity index (χ4n) is 5.36. The van der Waals surface area contributed by atoms with Gasteiger partial charge in [-0.15, -0.1) is 0 Å². The van der Waals surface area contributed by atoms with E-state index in [1.807, 2.05) is 6.92 Å². The average Bonchev–Trinajstić information content (AvgIpc) is 3.51. The molecule has 0 spiro atoms. The fraction of sp³-hybridized carbons (Fsp3) is 0.542. The summed E-state index contributed by atoms with van der Waals surface area (Å²) in [4.78, 5) is 30.6. The van der Waals surface area contributed by atoms with E-state index in [4.69, 9.17) is 9.84 Å². The molecule has 9 heteroatoms. The van der Waals surface area contributed by atoms with Crippen LogP contribution in [0, 0.1) is 18.8 Å². The molecule has 5 rings (SSSR count). The number of aryl methyl sites for hydroxylation is 1. The van der Waals surface area contributed by atoms with Crippen molar-refractivity contribution in [1.29, 1.82) is 0 Å². The maximum absolute atomic E-state index is 12.9. The van der Waals surface area contributed by atoms with Crippen molar-refractivity contribution < 1.29 is 19.4 Å². The zero-order valence-electron chi connectivity index (χ0n) is 19.2. The number of anilines is 1. The number of piperazine rings is 1. The van der Waals surface area contributed by atoms with Crippen LogP contribution in [0.1, 0.15) is 28.5 Å². The predicted octanol–water partition coefficient (Wildman–Crippen LogP) is 2.15. The second-order valence-electron chi connectivity index (χ2n) is 9.61. The fourth-order valence-corrected chi connectivity index (χ4v) is 5.36. The molecule has 1 amide bonds. The molecule has 3 aliphatic rings. The predicted molar refractivity (Wildman–Crippen MR) is 123 cm³/mol. The zero-order valence-corrected chi connectivity index (χ0v) is 19.2. The number of nitrogens with zero attached hydrogens (tertiary/aromatic N) is 5. The largest absolute Gasteiger partial charge is 0.476 e. The summed E-state index contributed by atoms with van der Waals surface area (Å²) in [6, 6.07) is 7.79. The van der Waals surface area contributed by atoms with Gasteiger partial charge in [0, 0.05) is 69.0 Å². The lowest BCUT2D eigenvalue weighted by atomic mass is 10.0. The number of amides is 1. The Kier molecular flexibility index (Phi) is 5.84. The molecule has 0 aliphatic carbocycles. The van der Waals surface area contributed by atoms with Crippen LogP contribution in [0.2, 0.25) is 0 Å². The molecule has 4 heterocycles. The van der Waals surface area contributed by atoms with Crippen LogP contribution >= 0.6 is 0 Å². The molecule has 9 nitrogen and oxygen atoms in total. The minimum atomic E-state index is -1.14. The Morgan fingerprint density at radius 2 is 1.88 bits per heavy atom. The van der Waals surface area contributed by atoms with Crippen molar-refractivity contribution in [2.75, 3.05) is 50.8 Å². The van der Waals surface area contributed by atoms with Crippen LogP contribution in [0.4, 0.5) is 10.5 Å². The molecule has 1 N–H and O–H groups in total. The van der Waals surface area contributed by atoms with E-state index < -0.39 is 5.97 Å². The number of carboxylic acid groups (broad SMARTS) is 1. The van der Waals surface area contributed by atoms with E-state index in [-0.39, 0.29) is 17.8 Å². The summed E-state index contributed by atoms with van der Waals surface area (Å²) in [5, 5.41) is 13.0. The van der Waals surface area contributed by atoms with Crippen molar-refractivity contribution in [3.63, 3.8) is 0 Å². The number of aromatic carboxylic acids is 1. The summed E-state index contributed by atoms with van der Waals surface area (Å²) in [7, 11) is 0. The highest BCUT2D eigenvalue weighted by Gasteiger charge is 2.38. The van der Waals surface area contributed by atoms with Crippen molar-refractivity contribution in [1.82, 2.24) is 19.6 Å². The lowest BCUT2D eigenvalue weighted by molar-refractivity contribution is 0.0689. The van der Waals surface area contributed by atoms with Crippen LogP contribution in [0.3, 0.4) is 0 Å². The van der Waals surface area contributed by atoms with Crippen molar-refractivity contribution in [3.8, 4) is 0 Å². The highest BCUT2D eigenvalue weighted by Crippen LogP contribution is 2.35. The second kappa shape index (κ2) is 8.79. The molecule has 0 saturated carbocycles. The number of aromatic nitrogens is 2. The number of hydrogen-bond donors (Lipinski definition) is 1. The molecular formula is C24H31N5O4. The quantitative estimate of drug-likeness (QED) is 0.759. The maximum atomic E-state index is 12.9. The number of benzene rings is 1. The summed E-state index contributed by atoms with van der Waals surface area (Å²) in [6.07, 6.45) is 1.42. The van der Waals surface area contributed by atoms with E-state index in [2.05, 4.69) is 40.0 Å². The van der Waals surface area contributed by atoms with E-state index in [0.717, 1.165) is 50.6 Å². The number of rotatable bonds is 4. The first-order chi connectivity index (χ1) is 15.9. The molecule has 1 aromatic heterocycles. The molecule has 3 fully saturated rings. The van der Waals surface area contributed by atoms with Gasteiger partial charge in [0.2, 0.25) is 0 Å². The molecule has 0 bridgehead atoms. The Morgan fingerprint density at radius 1 is 1.12 bits per heavy atom. The van der Waals surface area contributed by atoms with Gasteiger partial charge in [-0.25, -0.2) is 9.59 Å². The van der Waals surface area contributed by atoms with Crippen molar-refractivity contribution in [2.24, 2.45) is 11.8 Å². The first-order valence-electron chi connectivity index (χ1n) is 11.6. The van der Waals surface area contributed by atoms with E-state index in [1.54, 1.807) is 4.90 Å². The lowest BCUT2D eigenvalue weighted by Gasteiger charge is -2.40. The number of carboxylic acids is 1. The Balaban J connectivity index is 1.25. The molecule has 33 heavy (non-hydrogen) atoms. The van der Waals surface area contributed by atoms with Crippen LogP contribution in [0.25, 0.3) is 0 Å². The third kappa shape index (κ3) is 4.35. The average molecular weight is 454 g/mol. The number of fused-ring (bicyclic) bond motifs is 1. The maximum Gasteiger partial charge on any atom is 0.356 e. The lowest BCUT2D eigenvalue weighted by Crippen LogP contribution is -2.54. The summed E-state index contributed by atoms with van der Waals surface area (Å²) < 4.78 is 6.78. The van der Waals surface area contributed by atoms with Gasteiger partial charge in [-0.05, 0) is 37.1 Å². The first kappa shape index (κ1) is 21.9. The van der Waals surface area contributed by atoms with E-state index >= 15 is 0 Å². The Morgan fingerprint density at radius 3 is 2.55 bits per heavy atom. The number of carbonyl (C=O) groups is 2. The summed E-state index contributed by atoms with van der Waals surface area (Å²) >= 11 is 0. The Bertz CT molecular complexity index is 1040. The molecule has 176 valence electrons. The molecule has 1 aromatic carbocycles. The smallest absolute Gasteiger partial charge is 0.356 e. The number of hydrogen-bond acceptors (Lipinski definition) is 6. The van der Waals surface area contributed by atoms with Crippen molar-refractivity contribution in [3.05, 3.63) is 47.3 Å². The molecule has 3 saturated heterocycles. The van der Waals surface area contributed by atoms with Gasteiger partial charge in [0.1, 0.15) is 0 Å². The first-order valence-corrected chi connectivity index (χ1v) is 11.6. The van der Waals surface area contributed by atoms with E-state index in [1.165, 1.54) is 29.1 Å². The third-order valence-electron chi connectivity index (χ3n) is 7.18. The van der Waals surface area contributed by atoms with Gasteiger partial charge in [0.05, 0.1) is 13.2 Å². The topological polar surface area (TPSA) is 91.1 Å². The van der Waals surface area contributed by atoms with Gasteiger partial charge in [-0.1, -0.05) is 12.1 Å². The summed E-state index contributed by atoms with van der Waals surface area (Å²) in [5.74, 6) is 0.135. The van der Waals surface area contributed by atoms with Crippen LogP contribution in [-0.2, 0) is 11.3 Å². The van der Waals surface area contributed by atoms with Crippen LogP contribution in [-0.4, -0.2) is 88.7 Å². The SMILES string of the molecule is Cc1ccc(CN2CCN(C(=O)n3ccc(C(=O)O)n3)[C@H](C)C2)c(N2CC3COCC3C2)c1. The van der Waals surface area contributed by atoms with E-state index in [0.29, 0.717) is 18.4 Å². The highest BCUT2D eigenvalue weighted by atomic mass is 16.5. The minimum Gasteiger partial charge on any atom is -0.476 e. The van der Waals surface area contributed by atoms with E-state index in [9.17, 15) is 9.59 Å². The third-order valence-corrected chi connectivity index (χ3v) is 7.18. The minimum absolute atomic E-state index is 0.000851. The molecule has 2 aromatic rings. The van der Waals surface area contributed by atoms with Gasteiger partial charge in [0.25, 0.3) is 0 Å². The molecule has 0 radical (unpaired) electrons. The molecule has 3 atom stereocenters. The number of carbonyl (C=O) groups excluding carboxylic acids is 1. The molecule has 2 unspecified atom stereocenters. The van der Waals surface area contributed by atoms with Gasteiger partial charge in [-0.3, -0.25) is 4.90 Å². The summed E-state index contributed by atoms with van der Waals surface area (Å²) in [5.41, 5.74) is 3.80. The zero-order chi connectivity index (χ0) is 23.1. The monoisotopic (exact) mass is 453 g/mol. The van der Waals surface area contributed by atoms with Crippen LogP contribution in [0.15, 0.2) is 30.5 Å². The second-order valence-corrected chi connectivity index (χ2v) is 9.61. The molecular weight excluding hydrogens is 422 g/mol. The molecule has 3 aliphatic heterocycles. The summed E-state index contributed by atoms with van der Waals surface area (Å²) in [6.45, 7) is 11.0. The van der Waals surface area contributed by atoms with Gasteiger partial charge in [0.15, 0.2) is 5.69 Å². The van der Waals surface area contributed by atoms with Gasteiger partial charge >= 0.3 is 12.0 Å². The number of ether oxygens (including phenoxy) is 1. The highest BCUT2D eigenvalue weighted by molar-refractivity contribution is 5.86. The van der Waals surface area contributed by atoms with Crippen molar-refractivity contribution >= 4 is 17.7 Å². The van der Waals surface area contributed by atoms with Gasteiger partial charge < -0.3 is 19.6 Å². The Labute approximate surface area is 193 Å². The van der Waals surface area contributed by atoms with Crippen LogP contribution in [0.5, 0.6) is 0 Å². The standard InChI is InChI=1S/C24H31N5O4/c1-16-3-4-18(22(9-16)27-12-19-14-33-15-20(19)13-27)11-26-7-8-28(17(2)10-26)24(32)29-6-5-21(25-29)23(30)31/h3-6,9,17,19-20H,7-8,10-15H2,1-2H3,(H,30,31)/t17-,19?,20?/m1/s1. The van der Waals surface area contributed by atoms with Crippen molar-refractivity contribution in [2.45, 2.75) is 26.4 Å². The van der Waals surface area contributed by atoms with Gasteiger partial charge in [-0.2, -0.15) is 9.78 Å². The normalized spacial score (nSPS) is 25.5. The Hall–Kier alpha value is -2.91.